The Bertz CT molecular complexity index is 143. The van der Waals surface area contributed by atoms with Crippen LogP contribution >= 0.6 is 0 Å². The number of unbranched alkanes of at least 4 members (excludes halogenated alkanes) is 2. The van der Waals surface area contributed by atoms with Crippen molar-refractivity contribution in [3.05, 3.63) is 0 Å². The van der Waals surface area contributed by atoms with Crippen molar-refractivity contribution in [1.82, 2.24) is 0 Å². The van der Waals surface area contributed by atoms with Crippen molar-refractivity contribution in [1.29, 1.82) is 0 Å². The first kappa shape index (κ1) is 11.0. The quantitative estimate of drug-likeness (QED) is 0.520. The lowest BCUT2D eigenvalue weighted by atomic mass is 9.77. The molecular formula is C11H24N2. The van der Waals surface area contributed by atoms with E-state index in [1.165, 1.54) is 44.9 Å². The lowest BCUT2D eigenvalue weighted by molar-refractivity contribution is 0.180. The smallest absolute Gasteiger partial charge is 0.0665 e. The summed E-state index contributed by atoms with van der Waals surface area (Å²) < 4.78 is 0. The molecule has 78 valence electrons. The molecule has 0 spiro atoms. The van der Waals surface area contributed by atoms with Gasteiger partial charge in [0.15, 0.2) is 0 Å². The van der Waals surface area contributed by atoms with Crippen molar-refractivity contribution in [2.75, 3.05) is 0 Å². The maximum Gasteiger partial charge on any atom is 0.0665 e. The van der Waals surface area contributed by atoms with Gasteiger partial charge in [-0.05, 0) is 25.2 Å². The predicted octanol–water partition coefficient (Wildman–Crippen LogP) is 2.37. The molecule has 2 nitrogen and oxygen atoms in total. The second-order valence-corrected chi connectivity index (χ2v) is 4.55. The highest BCUT2D eigenvalue weighted by Crippen LogP contribution is 2.31. The summed E-state index contributed by atoms with van der Waals surface area (Å²) in [4.78, 5) is 0. The van der Waals surface area contributed by atoms with Gasteiger partial charge in [0.1, 0.15) is 0 Å². The Labute approximate surface area is 82.1 Å². The third kappa shape index (κ3) is 3.28. The Morgan fingerprint density at radius 2 is 2.00 bits per heavy atom. The fourth-order valence-corrected chi connectivity index (χ4v) is 2.35. The van der Waals surface area contributed by atoms with Crippen molar-refractivity contribution in [2.24, 2.45) is 17.4 Å². The van der Waals surface area contributed by atoms with Gasteiger partial charge in [0, 0.05) is 0 Å². The van der Waals surface area contributed by atoms with Crippen LogP contribution < -0.4 is 11.5 Å². The van der Waals surface area contributed by atoms with Crippen LogP contribution in [0.15, 0.2) is 0 Å². The summed E-state index contributed by atoms with van der Waals surface area (Å²) >= 11 is 0. The standard InChI is InChI=1S/C11H24N2/c1-2-3-4-7-10-8-5-6-9-11(10,12)13/h10H,2-9,12-13H2,1H3. The summed E-state index contributed by atoms with van der Waals surface area (Å²) in [5.74, 6) is 0.577. The fraction of sp³-hybridized carbons (Fsp3) is 1.00. The zero-order chi connectivity index (χ0) is 9.73. The highest BCUT2D eigenvalue weighted by Gasteiger charge is 2.32. The molecule has 0 saturated heterocycles. The van der Waals surface area contributed by atoms with Crippen LogP contribution in [0.4, 0.5) is 0 Å². The molecule has 1 saturated carbocycles. The third-order valence-electron chi connectivity index (χ3n) is 3.33. The lowest BCUT2D eigenvalue weighted by Gasteiger charge is -2.38. The molecule has 0 radical (unpaired) electrons. The molecule has 0 aromatic heterocycles. The molecular weight excluding hydrogens is 160 g/mol. The maximum atomic E-state index is 6.08. The number of rotatable bonds is 4. The molecule has 1 atom stereocenters. The zero-order valence-corrected chi connectivity index (χ0v) is 8.89. The number of hydrogen-bond donors (Lipinski definition) is 2. The predicted molar refractivity (Wildman–Crippen MR) is 57.2 cm³/mol. The summed E-state index contributed by atoms with van der Waals surface area (Å²) in [5, 5.41) is 0. The monoisotopic (exact) mass is 184 g/mol. The molecule has 2 heteroatoms. The molecule has 0 bridgehead atoms. The van der Waals surface area contributed by atoms with Crippen LogP contribution in [0.2, 0.25) is 0 Å². The molecule has 0 heterocycles. The van der Waals surface area contributed by atoms with Gasteiger partial charge in [-0.25, -0.2) is 0 Å². The molecule has 0 aromatic carbocycles. The minimum atomic E-state index is -0.355. The van der Waals surface area contributed by atoms with Gasteiger partial charge in [0.05, 0.1) is 5.66 Å². The summed E-state index contributed by atoms with van der Waals surface area (Å²) in [5.41, 5.74) is 11.8. The first-order valence-electron chi connectivity index (χ1n) is 5.74. The van der Waals surface area contributed by atoms with Crippen LogP contribution in [0.25, 0.3) is 0 Å². The van der Waals surface area contributed by atoms with E-state index in [-0.39, 0.29) is 5.66 Å². The van der Waals surface area contributed by atoms with Crippen LogP contribution in [0, 0.1) is 5.92 Å². The van der Waals surface area contributed by atoms with E-state index < -0.39 is 0 Å². The fourth-order valence-electron chi connectivity index (χ4n) is 2.35. The second-order valence-electron chi connectivity index (χ2n) is 4.55. The molecule has 4 N–H and O–H groups in total. The van der Waals surface area contributed by atoms with E-state index in [1.807, 2.05) is 0 Å². The van der Waals surface area contributed by atoms with Gasteiger partial charge in [-0.2, -0.15) is 0 Å². The molecule has 13 heavy (non-hydrogen) atoms. The molecule has 1 unspecified atom stereocenters. The molecule has 1 fully saturated rings. The first-order valence-corrected chi connectivity index (χ1v) is 5.74. The van der Waals surface area contributed by atoms with E-state index in [0.29, 0.717) is 5.92 Å². The minimum absolute atomic E-state index is 0.355. The highest BCUT2D eigenvalue weighted by molar-refractivity contribution is 4.88. The van der Waals surface area contributed by atoms with Gasteiger partial charge < -0.3 is 11.5 Å². The summed E-state index contributed by atoms with van der Waals surface area (Å²) in [6, 6.07) is 0. The summed E-state index contributed by atoms with van der Waals surface area (Å²) in [6.07, 6.45) is 9.96. The van der Waals surface area contributed by atoms with Crippen LogP contribution in [0.5, 0.6) is 0 Å². The van der Waals surface area contributed by atoms with Gasteiger partial charge in [-0.15, -0.1) is 0 Å². The van der Waals surface area contributed by atoms with E-state index in [9.17, 15) is 0 Å². The normalized spacial score (nSPS) is 27.5. The van der Waals surface area contributed by atoms with Crippen LogP contribution in [0.3, 0.4) is 0 Å². The Morgan fingerprint density at radius 3 is 2.62 bits per heavy atom. The van der Waals surface area contributed by atoms with Crippen LogP contribution in [-0.2, 0) is 0 Å². The van der Waals surface area contributed by atoms with E-state index in [0.717, 1.165) is 6.42 Å². The third-order valence-corrected chi connectivity index (χ3v) is 3.33. The Hall–Kier alpha value is -0.0800. The lowest BCUT2D eigenvalue weighted by Crippen LogP contribution is -2.57. The van der Waals surface area contributed by atoms with E-state index in [4.69, 9.17) is 11.5 Å². The largest absolute Gasteiger partial charge is 0.313 e. The van der Waals surface area contributed by atoms with Crippen LogP contribution in [-0.4, -0.2) is 5.66 Å². The Balaban J connectivity index is 2.29. The number of nitrogens with two attached hydrogens (primary N) is 2. The molecule has 1 aliphatic rings. The van der Waals surface area contributed by atoms with Crippen molar-refractivity contribution in [2.45, 2.75) is 64.0 Å². The highest BCUT2D eigenvalue weighted by atomic mass is 15.0. The van der Waals surface area contributed by atoms with Gasteiger partial charge in [0.25, 0.3) is 0 Å². The van der Waals surface area contributed by atoms with Crippen molar-refractivity contribution < 1.29 is 0 Å². The van der Waals surface area contributed by atoms with Crippen molar-refractivity contribution in [3.63, 3.8) is 0 Å². The Kier molecular flexibility index (Phi) is 4.20. The van der Waals surface area contributed by atoms with Gasteiger partial charge in [0.2, 0.25) is 0 Å². The van der Waals surface area contributed by atoms with Crippen LogP contribution in [0.1, 0.15) is 58.3 Å². The average Bonchev–Trinajstić information content (AvgIpc) is 2.08. The molecule has 1 rings (SSSR count). The van der Waals surface area contributed by atoms with Gasteiger partial charge in [-0.1, -0.05) is 39.0 Å². The SMILES string of the molecule is CCCCCC1CCCCC1(N)N. The van der Waals surface area contributed by atoms with Crippen molar-refractivity contribution in [3.8, 4) is 0 Å². The summed E-state index contributed by atoms with van der Waals surface area (Å²) in [6.45, 7) is 2.24. The summed E-state index contributed by atoms with van der Waals surface area (Å²) in [7, 11) is 0. The second kappa shape index (κ2) is 4.97. The Morgan fingerprint density at radius 1 is 1.23 bits per heavy atom. The van der Waals surface area contributed by atoms with E-state index in [1.54, 1.807) is 0 Å². The molecule has 0 amide bonds. The minimum Gasteiger partial charge on any atom is -0.313 e. The van der Waals surface area contributed by atoms with Gasteiger partial charge >= 0.3 is 0 Å². The van der Waals surface area contributed by atoms with E-state index >= 15 is 0 Å². The molecule has 0 aliphatic heterocycles. The average molecular weight is 184 g/mol. The van der Waals surface area contributed by atoms with E-state index in [2.05, 4.69) is 6.92 Å². The maximum absolute atomic E-state index is 6.08. The number of hydrogen-bond acceptors (Lipinski definition) is 2. The molecule has 1 aliphatic carbocycles. The van der Waals surface area contributed by atoms with Crippen molar-refractivity contribution >= 4 is 0 Å². The zero-order valence-electron chi connectivity index (χ0n) is 8.89. The first-order chi connectivity index (χ1) is 6.17. The molecule has 0 aromatic rings. The topological polar surface area (TPSA) is 52.0 Å². The van der Waals surface area contributed by atoms with Gasteiger partial charge in [-0.3, -0.25) is 0 Å².